The van der Waals surface area contributed by atoms with Crippen molar-refractivity contribution in [2.75, 3.05) is 62.5 Å². The Morgan fingerprint density at radius 1 is 1.07 bits per heavy atom. The van der Waals surface area contributed by atoms with Gasteiger partial charge in [0.15, 0.2) is 0 Å². The normalized spacial score (nSPS) is 31.1. The van der Waals surface area contributed by atoms with Gasteiger partial charge >= 0.3 is 0 Å². The Labute approximate surface area is 267 Å². The summed E-state index contributed by atoms with van der Waals surface area (Å²) in [5.74, 6) is 2.19. The second-order valence-electron chi connectivity index (χ2n) is 13.9. The van der Waals surface area contributed by atoms with Crippen molar-refractivity contribution in [2.45, 2.75) is 56.4 Å². The van der Waals surface area contributed by atoms with Crippen molar-refractivity contribution in [2.24, 2.45) is 5.73 Å². The number of rotatable bonds is 9. The summed E-state index contributed by atoms with van der Waals surface area (Å²) in [7, 11) is -1.93. The summed E-state index contributed by atoms with van der Waals surface area (Å²) in [5, 5.41) is 13.6. The van der Waals surface area contributed by atoms with Gasteiger partial charge in [0, 0.05) is 29.1 Å². The summed E-state index contributed by atoms with van der Waals surface area (Å²) in [6, 6.07) is 16.9. The van der Waals surface area contributed by atoms with E-state index in [2.05, 4.69) is 66.5 Å². The SMILES string of the molecule is CC1=CC(F)=C(c2ccc(-c3ccc(N4CCOCC4)cc3)cc2)NC1(C)/C=C(\CCCN)S12(=C3COC(CO)C[C@@]31C)CC2. The van der Waals surface area contributed by atoms with Crippen LogP contribution in [-0.4, -0.2) is 83.9 Å². The third-order valence-corrected chi connectivity index (χ3v) is 18.9. The topological polar surface area (TPSA) is 80.0 Å². The molecule has 3 saturated heterocycles. The van der Waals surface area contributed by atoms with Gasteiger partial charge in [-0.25, -0.2) is 13.1 Å². The monoisotopic (exact) mass is 633 g/mol. The Morgan fingerprint density at radius 2 is 1.71 bits per heavy atom. The lowest BCUT2D eigenvalue weighted by Crippen LogP contribution is -2.43. The molecule has 0 amide bonds. The maximum Gasteiger partial charge on any atom is 0.146 e. The largest absolute Gasteiger partial charge is 0.394 e. The van der Waals surface area contributed by atoms with E-state index < -0.39 is 14.3 Å². The summed E-state index contributed by atoms with van der Waals surface area (Å²) < 4.78 is 27.4. The molecule has 4 N–H and O–H groups in total. The summed E-state index contributed by atoms with van der Waals surface area (Å²) in [4.78, 5) is 5.45. The molecule has 2 aromatic rings. The van der Waals surface area contributed by atoms with Crippen LogP contribution < -0.4 is 16.0 Å². The number of morpholine rings is 1. The van der Waals surface area contributed by atoms with Crippen molar-refractivity contribution in [3.63, 3.8) is 0 Å². The molecule has 8 heteroatoms. The Hall–Kier alpha value is -2.75. The van der Waals surface area contributed by atoms with Gasteiger partial charge in [-0.05, 0) is 109 Å². The Bertz CT molecular complexity index is 1650. The first kappa shape index (κ1) is 30.9. The minimum absolute atomic E-state index is 0.0702. The van der Waals surface area contributed by atoms with Crippen LogP contribution in [0.2, 0.25) is 0 Å². The van der Waals surface area contributed by atoms with E-state index in [4.69, 9.17) is 15.2 Å². The standard InChI is InChI=1S/C37H48FN3O3S/c1-26-21-33(38)35(29-8-6-27(7-9-29)28-10-12-30(13-11-28)41-15-17-43-18-16-41)40-36(26,2)23-32(5-4-14-39)45(19-20-45)34-25-44-31(24-42)22-37(34,45)3/h6-13,21,23,31,40,42H,4-5,14-20,22,24-25,39H2,1-3H3/b32-23+/t31?,36?,37-/m0/s1. The van der Waals surface area contributed by atoms with Gasteiger partial charge in [0.1, 0.15) is 5.83 Å². The van der Waals surface area contributed by atoms with E-state index in [0.717, 1.165) is 67.8 Å². The van der Waals surface area contributed by atoms with E-state index in [9.17, 15) is 5.11 Å². The highest BCUT2D eigenvalue weighted by Gasteiger charge is 2.77. The van der Waals surface area contributed by atoms with Gasteiger partial charge < -0.3 is 30.5 Å². The molecule has 242 valence electrons. The third kappa shape index (κ3) is 4.70. The van der Waals surface area contributed by atoms with Gasteiger partial charge in [0.2, 0.25) is 0 Å². The highest BCUT2D eigenvalue weighted by Crippen LogP contribution is 2.97. The van der Waals surface area contributed by atoms with E-state index in [1.54, 1.807) is 10.9 Å². The first-order chi connectivity index (χ1) is 21.7. The van der Waals surface area contributed by atoms with Crippen molar-refractivity contribution in [1.82, 2.24) is 5.32 Å². The van der Waals surface area contributed by atoms with Gasteiger partial charge in [0.05, 0.1) is 43.8 Å². The highest BCUT2D eigenvalue weighted by atomic mass is 32.3. The van der Waals surface area contributed by atoms with Crippen LogP contribution in [0, 0.1) is 0 Å². The molecule has 0 radical (unpaired) electrons. The highest BCUT2D eigenvalue weighted by molar-refractivity contribution is 8.63. The van der Waals surface area contributed by atoms with Crippen molar-refractivity contribution in [3.8, 4) is 11.1 Å². The lowest BCUT2D eigenvalue weighted by molar-refractivity contribution is 0.0166. The summed E-state index contributed by atoms with van der Waals surface area (Å²) in [6.45, 7) is 11.4. The quantitative estimate of drug-likeness (QED) is 0.238. The Morgan fingerprint density at radius 3 is 2.33 bits per heavy atom. The lowest BCUT2D eigenvalue weighted by atomic mass is 9.87. The maximum atomic E-state index is 15.7. The molecule has 5 aliphatic rings. The smallest absolute Gasteiger partial charge is 0.146 e. The molecule has 6 nitrogen and oxygen atoms in total. The predicted octanol–water partition coefficient (Wildman–Crippen LogP) is 5.84. The molecule has 5 aliphatic heterocycles. The number of hydrogen-bond acceptors (Lipinski definition) is 6. The van der Waals surface area contributed by atoms with Crippen LogP contribution in [0.5, 0.6) is 0 Å². The van der Waals surface area contributed by atoms with E-state index in [1.165, 1.54) is 22.1 Å². The molecular formula is C37H48FN3O3S. The summed E-state index contributed by atoms with van der Waals surface area (Å²) in [5.41, 5.74) is 11.3. The molecule has 2 aromatic carbocycles. The molecule has 1 spiro atoms. The second-order valence-corrected chi connectivity index (χ2v) is 19.3. The molecule has 0 aliphatic carbocycles. The van der Waals surface area contributed by atoms with Crippen LogP contribution in [-0.2, 0) is 9.47 Å². The number of aliphatic hydroxyl groups is 1. The number of allylic oxidation sites excluding steroid dienone is 3. The number of dihydropyridines is 1. The number of anilines is 1. The number of fused-ring (bicyclic) bond motifs is 2. The number of nitrogens with zero attached hydrogens (tertiary/aromatic N) is 1. The number of benzene rings is 2. The Kier molecular flexibility index (Phi) is 7.68. The molecule has 0 aromatic heterocycles. The molecule has 0 bridgehead atoms. The van der Waals surface area contributed by atoms with Crippen molar-refractivity contribution in [1.29, 1.82) is 0 Å². The molecule has 0 saturated carbocycles. The molecule has 7 rings (SSSR count). The summed E-state index contributed by atoms with van der Waals surface area (Å²) in [6.07, 6.45) is 6.82. The van der Waals surface area contributed by atoms with Crippen molar-refractivity contribution in [3.05, 3.63) is 82.6 Å². The van der Waals surface area contributed by atoms with Gasteiger partial charge in [-0.2, -0.15) is 0 Å². The van der Waals surface area contributed by atoms with Crippen molar-refractivity contribution < 1.29 is 19.0 Å². The molecule has 5 heterocycles. The molecule has 3 atom stereocenters. The number of halogens is 1. The fourth-order valence-corrected chi connectivity index (χ4v) is 16.6. The van der Waals surface area contributed by atoms with E-state index in [1.807, 2.05) is 19.1 Å². The minimum atomic E-state index is -1.93. The maximum absolute atomic E-state index is 15.7. The third-order valence-electron chi connectivity index (χ3n) is 11.6. The van der Waals surface area contributed by atoms with E-state index >= 15 is 4.39 Å². The predicted molar refractivity (Wildman–Crippen MR) is 187 cm³/mol. The fraction of sp³-hybridized carbons (Fsp3) is 0.486. The molecule has 3 fully saturated rings. The fourth-order valence-electron chi connectivity index (χ4n) is 8.51. The average Bonchev–Trinajstić information content (AvgIpc) is 3.94. The van der Waals surface area contributed by atoms with Crippen molar-refractivity contribution >= 4 is 25.0 Å². The first-order valence-corrected chi connectivity index (χ1v) is 18.9. The number of nitrogens with one attached hydrogen (secondary N) is 1. The van der Waals surface area contributed by atoms with Crippen LogP contribution in [0.4, 0.5) is 10.1 Å². The van der Waals surface area contributed by atoms with E-state index in [0.29, 0.717) is 18.8 Å². The van der Waals surface area contributed by atoms with Crippen LogP contribution in [0.3, 0.4) is 0 Å². The van der Waals surface area contributed by atoms with Gasteiger partial charge in [-0.3, -0.25) is 0 Å². The van der Waals surface area contributed by atoms with Gasteiger partial charge in [-0.15, -0.1) is 0 Å². The molecule has 45 heavy (non-hydrogen) atoms. The van der Waals surface area contributed by atoms with Crippen LogP contribution >= 0.6 is 8.75 Å². The van der Waals surface area contributed by atoms with Crippen LogP contribution in [0.15, 0.2) is 77.0 Å². The average molecular weight is 634 g/mol. The molecule has 2 unspecified atom stereocenters. The van der Waals surface area contributed by atoms with Gasteiger partial charge in [0.25, 0.3) is 0 Å². The van der Waals surface area contributed by atoms with Gasteiger partial charge in [-0.1, -0.05) is 36.4 Å². The number of aliphatic hydroxyl groups excluding tert-OH is 1. The lowest BCUT2D eigenvalue weighted by Gasteiger charge is -2.39. The number of ether oxygens (including phenoxy) is 2. The number of hydrogen-bond donors (Lipinski definition) is 3. The summed E-state index contributed by atoms with van der Waals surface area (Å²) >= 11 is 0. The van der Waals surface area contributed by atoms with Crippen LogP contribution in [0.1, 0.15) is 45.6 Å². The zero-order valence-corrected chi connectivity index (χ0v) is 27.7. The minimum Gasteiger partial charge on any atom is -0.394 e. The Balaban J connectivity index is 1.16. The first-order valence-electron chi connectivity index (χ1n) is 16.5. The van der Waals surface area contributed by atoms with E-state index in [-0.39, 0.29) is 23.3 Å². The zero-order valence-electron chi connectivity index (χ0n) is 26.9. The van der Waals surface area contributed by atoms with Crippen LogP contribution in [0.25, 0.3) is 16.8 Å². The second kappa shape index (κ2) is 11.2. The molecular weight excluding hydrogens is 585 g/mol. The zero-order chi connectivity index (χ0) is 31.5. The number of nitrogens with two attached hydrogens (primary N) is 1.